The Bertz CT molecular complexity index is 344. The Balaban J connectivity index is 3.52. The number of rotatable bonds is 13. The molecule has 0 amide bonds. The van der Waals surface area contributed by atoms with Gasteiger partial charge in [-0.2, -0.15) is 0 Å². The van der Waals surface area contributed by atoms with Gasteiger partial charge in [-0.25, -0.2) is 0 Å². The van der Waals surface area contributed by atoms with Crippen LogP contribution in [0.2, 0.25) is 0 Å². The SMILES string of the molecule is CCCCCOC(=O)CCCCCC[C](C)CC(=O)OC(C)(C)C. The minimum absolute atomic E-state index is 0.0706. The van der Waals surface area contributed by atoms with Crippen LogP contribution in [0.1, 0.15) is 98.8 Å². The van der Waals surface area contributed by atoms with Crippen molar-refractivity contribution in [1.82, 2.24) is 0 Å². The first-order chi connectivity index (χ1) is 11.2. The van der Waals surface area contributed by atoms with Gasteiger partial charge in [0, 0.05) is 6.42 Å². The van der Waals surface area contributed by atoms with Gasteiger partial charge >= 0.3 is 11.9 Å². The van der Waals surface area contributed by atoms with Crippen molar-refractivity contribution in [2.45, 2.75) is 104 Å². The van der Waals surface area contributed by atoms with Crippen molar-refractivity contribution in [3.63, 3.8) is 0 Å². The number of esters is 2. The Labute approximate surface area is 148 Å². The molecule has 1 radical (unpaired) electrons. The third-order valence-corrected chi connectivity index (χ3v) is 3.61. The van der Waals surface area contributed by atoms with Crippen LogP contribution < -0.4 is 0 Å². The lowest BCUT2D eigenvalue weighted by atomic mass is 9.99. The van der Waals surface area contributed by atoms with Gasteiger partial charge in [-0.1, -0.05) is 46.0 Å². The maximum Gasteiger partial charge on any atom is 0.306 e. The lowest BCUT2D eigenvalue weighted by Crippen LogP contribution is -2.24. The molecule has 0 bridgehead atoms. The zero-order valence-electron chi connectivity index (χ0n) is 16.4. The summed E-state index contributed by atoms with van der Waals surface area (Å²) in [4.78, 5) is 23.2. The number of hydrogen-bond donors (Lipinski definition) is 0. The molecule has 0 aliphatic heterocycles. The van der Waals surface area contributed by atoms with Gasteiger partial charge in [-0.05, 0) is 46.0 Å². The van der Waals surface area contributed by atoms with E-state index in [4.69, 9.17) is 9.47 Å². The molecule has 0 atom stereocenters. The van der Waals surface area contributed by atoms with Gasteiger partial charge in [-0.15, -0.1) is 0 Å². The predicted octanol–water partition coefficient (Wildman–Crippen LogP) is 5.39. The van der Waals surface area contributed by atoms with Gasteiger partial charge in [0.1, 0.15) is 5.60 Å². The molecule has 0 fully saturated rings. The minimum atomic E-state index is -0.414. The highest BCUT2D eigenvalue weighted by molar-refractivity contribution is 5.72. The summed E-state index contributed by atoms with van der Waals surface area (Å²) in [5.74, 6) is 0.948. The normalized spacial score (nSPS) is 11.6. The van der Waals surface area contributed by atoms with Gasteiger partial charge in [0.2, 0.25) is 0 Å². The van der Waals surface area contributed by atoms with E-state index in [9.17, 15) is 9.59 Å². The number of hydrogen-bond acceptors (Lipinski definition) is 4. The maximum absolute atomic E-state index is 11.7. The van der Waals surface area contributed by atoms with E-state index in [1.807, 2.05) is 27.7 Å². The second-order valence-electron chi connectivity index (χ2n) is 7.56. The molecule has 0 aromatic heterocycles. The third kappa shape index (κ3) is 15.8. The fraction of sp³-hybridized carbons (Fsp3) is 0.850. The highest BCUT2D eigenvalue weighted by atomic mass is 16.6. The predicted molar refractivity (Wildman–Crippen MR) is 97.6 cm³/mol. The zero-order chi connectivity index (χ0) is 18.4. The van der Waals surface area contributed by atoms with Crippen LogP contribution in [0.25, 0.3) is 0 Å². The smallest absolute Gasteiger partial charge is 0.306 e. The average molecular weight is 342 g/mol. The molecule has 0 saturated carbocycles. The van der Waals surface area contributed by atoms with E-state index in [2.05, 4.69) is 6.92 Å². The van der Waals surface area contributed by atoms with Gasteiger partial charge in [0.15, 0.2) is 0 Å². The Hall–Kier alpha value is -1.06. The first kappa shape index (κ1) is 22.9. The molecule has 0 aromatic rings. The van der Waals surface area contributed by atoms with E-state index in [0.717, 1.165) is 51.4 Å². The maximum atomic E-state index is 11.7. The van der Waals surface area contributed by atoms with E-state index in [0.29, 0.717) is 19.4 Å². The van der Waals surface area contributed by atoms with Crippen molar-refractivity contribution in [3.8, 4) is 0 Å². The summed E-state index contributed by atoms with van der Waals surface area (Å²) >= 11 is 0. The molecule has 4 nitrogen and oxygen atoms in total. The first-order valence-electron chi connectivity index (χ1n) is 9.43. The van der Waals surface area contributed by atoms with Gasteiger partial charge < -0.3 is 9.47 Å². The first-order valence-corrected chi connectivity index (χ1v) is 9.43. The zero-order valence-corrected chi connectivity index (χ0v) is 16.4. The van der Waals surface area contributed by atoms with E-state index in [1.54, 1.807) is 0 Å². The molecule has 141 valence electrons. The highest BCUT2D eigenvalue weighted by Crippen LogP contribution is 2.19. The van der Waals surface area contributed by atoms with Gasteiger partial charge in [0.25, 0.3) is 0 Å². The van der Waals surface area contributed by atoms with Crippen LogP contribution in [-0.4, -0.2) is 24.1 Å². The Kier molecular flexibility index (Phi) is 12.7. The standard InChI is InChI=1S/C20H37O4/c1-6-7-12-15-23-18(21)14-11-9-8-10-13-17(2)16-19(22)24-20(3,4)5/h6-16H2,1-5H3. The molecule has 0 saturated heterocycles. The topological polar surface area (TPSA) is 52.6 Å². The summed E-state index contributed by atoms with van der Waals surface area (Å²) in [5.41, 5.74) is -0.414. The van der Waals surface area contributed by atoms with Crippen molar-refractivity contribution in [2.24, 2.45) is 0 Å². The molecule has 0 aliphatic carbocycles. The average Bonchev–Trinajstić information content (AvgIpc) is 2.45. The van der Waals surface area contributed by atoms with Crippen LogP contribution >= 0.6 is 0 Å². The highest BCUT2D eigenvalue weighted by Gasteiger charge is 2.18. The lowest BCUT2D eigenvalue weighted by molar-refractivity contribution is -0.154. The second kappa shape index (κ2) is 13.3. The monoisotopic (exact) mass is 341 g/mol. The van der Waals surface area contributed by atoms with Crippen molar-refractivity contribution in [1.29, 1.82) is 0 Å². The molecule has 0 N–H and O–H groups in total. The van der Waals surface area contributed by atoms with Crippen LogP contribution in [0.15, 0.2) is 0 Å². The van der Waals surface area contributed by atoms with Crippen molar-refractivity contribution in [3.05, 3.63) is 5.92 Å². The second-order valence-corrected chi connectivity index (χ2v) is 7.56. The number of carbonyl (C=O) groups is 2. The Morgan fingerprint density at radius 1 is 0.833 bits per heavy atom. The molecular formula is C20H37O4. The van der Waals surface area contributed by atoms with Crippen LogP contribution in [-0.2, 0) is 19.1 Å². The Morgan fingerprint density at radius 2 is 1.46 bits per heavy atom. The van der Waals surface area contributed by atoms with Crippen molar-refractivity contribution in [2.75, 3.05) is 6.61 Å². The van der Waals surface area contributed by atoms with Crippen LogP contribution in [0, 0.1) is 5.92 Å². The minimum Gasteiger partial charge on any atom is -0.466 e. The van der Waals surface area contributed by atoms with E-state index in [-0.39, 0.29) is 11.9 Å². The molecule has 4 heteroatoms. The van der Waals surface area contributed by atoms with Crippen molar-refractivity contribution < 1.29 is 19.1 Å². The molecule has 0 aromatic carbocycles. The summed E-state index contributed by atoms with van der Waals surface area (Å²) in [6.45, 7) is 10.4. The summed E-state index contributed by atoms with van der Waals surface area (Å²) in [5, 5.41) is 0. The largest absolute Gasteiger partial charge is 0.466 e. The summed E-state index contributed by atoms with van der Waals surface area (Å²) in [6.07, 6.45) is 9.15. The number of unbranched alkanes of at least 4 members (excludes halogenated alkanes) is 5. The molecular weight excluding hydrogens is 304 g/mol. The number of ether oxygens (including phenoxy) is 2. The summed E-state index contributed by atoms with van der Waals surface area (Å²) in [7, 11) is 0. The summed E-state index contributed by atoms with van der Waals surface area (Å²) in [6, 6.07) is 0. The lowest BCUT2D eigenvalue weighted by Gasteiger charge is -2.20. The Morgan fingerprint density at radius 3 is 2.04 bits per heavy atom. The van der Waals surface area contributed by atoms with Gasteiger partial charge in [0.05, 0.1) is 13.0 Å². The van der Waals surface area contributed by atoms with E-state index in [1.165, 1.54) is 5.92 Å². The molecule has 0 heterocycles. The molecule has 0 aliphatic rings. The fourth-order valence-corrected chi connectivity index (χ4v) is 2.37. The van der Waals surface area contributed by atoms with E-state index < -0.39 is 5.60 Å². The quantitative estimate of drug-likeness (QED) is 0.333. The summed E-state index contributed by atoms with van der Waals surface area (Å²) < 4.78 is 10.5. The van der Waals surface area contributed by atoms with Gasteiger partial charge in [-0.3, -0.25) is 9.59 Å². The van der Waals surface area contributed by atoms with Crippen LogP contribution in [0.3, 0.4) is 0 Å². The third-order valence-electron chi connectivity index (χ3n) is 3.61. The molecule has 0 rings (SSSR count). The number of carbonyl (C=O) groups excluding carboxylic acids is 2. The van der Waals surface area contributed by atoms with Crippen LogP contribution in [0.4, 0.5) is 0 Å². The van der Waals surface area contributed by atoms with E-state index >= 15 is 0 Å². The van der Waals surface area contributed by atoms with Crippen LogP contribution in [0.5, 0.6) is 0 Å². The fourth-order valence-electron chi connectivity index (χ4n) is 2.37. The molecule has 0 spiro atoms. The van der Waals surface area contributed by atoms with Crippen molar-refractivity contribution >= 4 is 11.9 Å². The molecule has 0 unspecified atom stereocenters. The molecule has 24 heavy (non-hydrogen) atoms.